The smallest absolute Gasteiger partial charge is 0.302 e. The lowest BCUT2D eigenvalue weighted by molar-refractivity contribution is -0.164. The molecule has 0 aliphatic carbocycles. The van der Waals surface area contributed by atoms with Crippen LogP contribution in [0, 0.1) is 5.41 Å². The number of carbonyl (C=O) groups excluding carboxylic acids is 3. The van der Waals surface area contributed by atoms with Crippen molar-refractivity contribution >= 4 is 17.9 Å². The van der Waals surface area contributed by atoms with Crippen molar-refractivity contribution in [3.8, 4) is 0 Å². The molecule has 0 aromatic heterocycles. The van der Waals surface area contributed by atoms with Gasteiger partial charge in [-0.3, -0.25) is 14.4 Å². The van der Waals surface area contributed by atoms with Crippen LogP contribution in [0.5, 0.6) is 0 Å². The lowest BCUT2D eigenvalue weighted by atomic mass is 9.92. The maximum atomic E-state index is 11.4. The van der Waals surface area contributed by atoms with Gasteiger partial charge in [-0.2, -0.15) is 0 Å². The molecule has 0 saturated heterocycles. The summed E-state index contributed by atoms with van der Waals surface area (Å²) < 4.78 is 21.4. The zero-order valence-corrected chi connectivity index (χ0v) is 25.8. The largest absolute Gasteiger partial charge is 0.465 e. The van der Waals surface area contributed by atoms with E-state index < -0.39 is 23.3 Å². The third kappa shape index (κ3) is 26.4. The number of esters is 3. The monoisotopic (exact) mass is 556 g/mol. The van der Waals surface area contributed by atoms with Crippen LogP contribution >= 0.6 is 0 Å². The van der Waals surface area contributed by atoms with Crippen LogP contribution < -0.4 is 0 Å². The van der Waals surface area contributed by atoms with Gasteiger partial charge in [-0.1, -0.05) is 122 Å². The normalized spacial score (nSPS) is 11.4. The summed E-state index contributed by atoms with van der Waals surface area (Å²) >= 11 is 0. The maximum absolute atomic E-state index is 11.4. The second-order valence-electron chi connectivity index (χ2n) is 11.3. The molecule has 0 bridgehead atoms. The fourth-order valence-electron chi connectivity index (χ4n) is 4.59. The Bertz CT molecular complexity index is 560. The Hall–Kier alpha value is -1.63. The van der Waals surface area contributed by atoms with Crippen molar-refractivity contribution < 1.29 is 33.3 Å². The number of carbonyl (C=O) groups is 3. The summed E-state index contributed by atoms with van der Waals surface area (Å²) in [6.45, 7) is 6.76. The first-order valence-electron chi connectivity index (χ1n) is 15.8. The third-order valence-electron chi connectivity index (χ3n) is 7.05. The summed E-state index contributed by atoms with van der Waals surface area (Å²) in [5.41, 5.74) is -0.920. The lowest BCUT2D eigenvalue weighted by Crippen LogP contribution is -2.43. The summed E-state index contributed by atoms with van der Waals surface area (Å²) in [5, 5.41) is 0. The van der Waals surface area contributed by atoms with E-state index in [1.807, 2.05) is 0 Å². The van der Waals surface area contributed by atoms with E-state index in [1.54, 1.807) is 0 Å². The fourth-order valence-corrected chi connectivity index (χ4v) is 4.59. The van der Waals surface area contributed by atoms with Gasteiger partial charge in [0.2, 0.25) is 0 Å². The van der Waals surface area contributed by atoms with Crippen LogP contribution in [-0.4, -0.2) is 50.9 Å². The van der Waals surface area contributed by atoms with Crippen molar-refractivity contribution in [2.24, 2.45) is 5.41 Å². The van der Waals surface area contributed by atoms with Gasteiger partial charge < -0.3 is 18.9 Å². The Morgan fingerprint density at radius 1 is 0.436 bits per heavy atom. The molecule has 0 N–H and O–H groups in total. The fraction of sp³-hybridized carbons (Fsp3) is 0.906. The van der Waals surface area contributed by atoms with Crippen LogP contribution in [0.3, 0.4) is 0 Å². The highest BCUT2D eigenvalue weighted by Crippen LogP contribution is 2.22. The van der Waals surface area contributed by atoms with Gasteiger partial charge in [-0.15, -0.1) is 0 Å². The Balaban J connectivity index is 3.81. The van der Waals surface area contributed by atoms with Crippen LogP contribution in [0.15, 0.2) is 0 Å². The van der Waals surface area contributed by atoms with Crippen molar-refractivity contribution in [3.05, 3.63) is 0 Å². The topological polar surface area (TPSA) is 88.1 Å². The minimum Gasteiger partial charge on any atom is -0.465 e. The molecule has 230 valence electrons. The van der Waals surface area contributed by atoms with E-state index in [0.29, 0.717) is 6.61 Å². The molecular formula is C32H60O7. The summed E-state index contributed by atoms with van der Waals surface area (Å²) in [4.78, 5) is 34.1. The Labute approximate surface area is 239 Å². The van der Waals surface area contributed by atoms with E-state index in [9.17, 15) is 14.4 Å². The van der Waals surface area contributed by atoms with Crippen LogP contribution in [0.1, 0.15) is 150 Å². The Kier molecular flexibility index (Phi) is 25.5. The number of hydrogen-bond donors (Lipinski definition) is 0. The molecule has 0 heterocycles. The molecule has 7 heteroatoms. The number of unbranched alkanes of at least 4 members (excludes halogenated alkanes) is 18. The highest BCUT2D eigenvalue weighted by atomic mass is 16.6. The van der Waals surface area contributed by atoms with Gasteiger partial charge >= 0.3 is 17.9 Å². The first kappa shape index (κ1) is 37.4. The quantitative estimate of drug-likeness (QED) is 0.0546. The zero-order chi connectivity index (χ0) is 29.0. The SMILES string of the molecule is CCCCCCCCCCCCCCCCCCCCCOCC(COC(C)=O)(COC(C)=O)COC(C)=O. The highest BCUT2D eigenvalue weighted by molar-refractivity contribution is 5.67. The summed E-state index contributed by atoms with van der Waals surface area (Å²) in [6, 6.07) is 0. The average molecular weight is 557 g/mol. The average Bonchev–Trinajstić information content (AvgIpc) is 2.90. The molecule has 0 aliphatic rings. The second-order valence-corrected chi connectivity index (χ2v) is 11.3. The predicted molar refractivity (Wildman–Crippen MR) is 157 cm³/mol. The highest BCUT2D eigenvalue weighted by Gasteiger charge is 2.35. The second kappa shape index (κ2) is 26.6. The van der Waals surface area contributed by atoms with Crippen LogP contribution in [-0.2, 0) is 33.3 Å². The molecule has 0 aromatic rings. The number of ether oxygens (including phenoxy) is 4. The Morgan fingerprint density at radius 3 is 1.00 bits per heavy atom. The third-order valence-corrected chi connectivity index (χ3v) is 7.05. The lowest BCUT2D eigenvalue weighted by Gasteiger charge is -2.31. The van der Waals surface area contributed by atoms with Gasteiger partial charge in [-0.25, -0.2) is 0 Å². The number of rotatable bonds is 28. The van der Waals surface area contributed by atoms with Gasteiger partial charge in [0.1, 0.15) is 19.8 Å². The molecule has 0 amide bonds. The molecule has 0 radical (unpaired) electrons. The van der Waals surface area contributed by atoms with E-state index in [-0.39, 0.29) is 26.4 Å². The predicted octanol–water partition coefficient (Wildman–Crippen LogP) is 8.11. The van der Waals surface area contributed by atoms with Gasteiger partial charge in [0, 0.05) is 27.4 Å². The molecule has 0 aromatic carbocycles. The molecule has 0 aliphatic heterocycles. The maximum Gasteiger partial charge on any atom is 0.302 e. The molecule has 39 heavy (non-hydrogen) atoms. The molecule has 0 rings (SSSR count). The van der Waals surface area contributed by atoms with Crippen molar-refractivity contribution in [2.45, 2.75) is 150 Å². The van der Waals surface area contributed by atoms with Gasteiger partial charge in [0.25, 0.3) is 0 Å². The minimum atomic E-state index is -0.920. The molecule has 0 unspecified atom stereocenters. The van der Waals surface area contributed by atoms with Crippen LogP contribution in [0.25, 0.3) is 0 Å². The molecule has 7 nitrogen and oxygen atoms in total. The van der Waals surface area contributed by atoms with Gasteiger partial charge in [-0.05, 0) is 6.42 Å². The van der Waals surface area contributed by atoms with E-state index in [1.165, 1.54) is 130 Å². The zero-order valence-electron chi connectivity index (χ0n) is 25.8. The van der Waals surface area contributed by atoms with E-state index >= 15 is 0 Å². The molecule has 0 saturated carbocycles. The van der Waals surface area contributed by atoms with E-state index in [0.717, 1.165) is 12.8 Å². The van der Waals surface area contributed by atoms with Crippen molar-refractivity contribution in [2.75, 3.05) is 33.0 Å². The van der Waals surface area contributed by atoms with E-state index in [2.05, 4.69) is 6.92 Å². The van der Waals surface area contributed by atoms with Crippen LogP contribution in [0.2, 0.25) is 0 Å². The van der Waals surface area contributed by atoms with Gasteiger partial charge in [0.15, 0.2) is 0 Å². The van der Waals surface area contributed by atoms with Crippen LogP contribution in [0.4, 0.5) is 0 Å². The first-order chi connectivity index (χ1) is 18.8. The van der Waals surface area contributed by atoms with Crippen molar-refractivity contribution in [3.63, 3.8) is 0 Å². The number of hydrogen-bond acceptors (Lipinski definition) is 7. The molecule has 0 spiro atoms. The summed E-state index contributed by atoms with van der Waals surface area (Å²) in [7, 11) is 0. The minimum absolute atomic E-state index is 0.0535. The van der Waals surface area contributed by atoms with Crippen molar-refractivity contribution in [1.29, 1.82) is 0 Å². The van der Waals surface area contributed by atoms with Gasteiger partial charge in [0.05, 0.1) is 12.0 Å². The molecule has 0 atom stereocenters. The Morgan fingerprint density at radius 2 is 0.718 bits per heavy atom. The summed E-state index contributed by atoms with van der Waals surface area (Å²) in [6.07, 6.45) is 25.4. The van der Waals surface area contributed by atoms with E-state index in [4.69, 9.17) is 18.9 Å². The molecule has 0 fully saturated rings. The first-order valence-corrected chi connectivity index (χ1v) is 15.8. The standard InChI is InChI=1S/C32H60O7/c1-5-6-7-8-9-10-11-12-13-14-15-16-17-18-19-20-21-22-23-24-36-25-32(26-37-29(2)33,27-38-30(3)34)28-39-31(4)35/h5-28H2,1-4H3. The summed E-state index contributed by atoms with van der Waals surface area (Å²) in [5.74, 6) is -1.36. The van der Waals surface area contributed by atoms with Crippen molar-refractivity contribution in [1.82, 2.24) is 0 Å². The molecular weight excluding hydrogens is 496 g/mol.